The lowest BCUT2D eigenvalue weighted by atomic mass is 9.96. The van der Waals surface area contributed by atoms with Gasteiger partial charge in [0.2, 0.25) is 5.82 Å². The summed E-state index contributed by atoms with van der Waals surface area (Å²) in [6, 6.07) is 14.9. The Morgan fingerprint density at radius 1 is 0.629 bits per heavy atom. The summed E-state index contributed by atoms with van der Waals surface area (Å²) in [5.74, 6) is -11.3. The second-order valence-electron chi connectivity index (χ2n) is 8.00. The van der Waals surface area contributed by atoms with E-state index in [1.807, 2.05) is 0 Å². The van der Waals surface area contributed by atoms with Gasteiger partial charge in [-0.3, -0.25) is 0 Å². The summed E-state index contributed by atoms with van der Waals surface area (Å²) in [6.07, 6.45) is -5.02. The fraction of sp³-hybridized carbons (Fsp3) is 0.0769. The third-order valence-corrected chi connectivity index (χ3v) is 5.91. The van der Waals surface area contributed by atoms with E-state index in [1.54, 1.807) is 48.5 Å². The molecule has 4 aromatic carbocycles. The molecular weight excluding hydrogens is 478 g/mol. The molecule has 5 rings (SSSR count). The Kier molecular flexibility index (Phi) is 5.12. The topological polar surface area (TPSA) is 4.93 Å². The maximum absolute atomic E-state index is 14.4. The zero-order valence-electron chi connectivity index (χ0n) is 17.7. The molecule has 0 atom stereocenters. The molecule has 0 spiro atoms. The van der Waals surface area contributed by atoms with Gasteiger partial charge in [0, 0.05) is 10.8 Å². The number of benzene rings is 4. The van der Waals surface area contributed by atoms with E-state index in [1.165, 1.54) is 11.5 Å². The van der Waals surface area contributed by atoms with Gasteiger partial charge < -0.3 is 4.57 Å². The van der Waals surface area contributed by atoms with E-state index >= 15 is 0 Å². The lowest BCUT2D eigenvalue weighted by Crippen LogP contribution is -2.13. The summed E-state index contributed by atoms with van der Waals surface area (Å²) in [6.45, 7) is 1.28. The fourth-order valence-corrected chi connectivity index (χ4v) is 4.46. The highest BCUT2D eigenvalue weighted by molar-refractivity contribution is 6.09. The van der Waals surface area contributed by atoms with Gasteiger partial charge in [-0.1, -0.05) is 36.4 Å². The average molecular weight is 491 g/mol. The molecule has 0 unspecified atom stereocenters. The number of halogens is 8. The monoisotopic (exact) mass is 491 g/mol. The van der Waals surface area contributed by atoms with Crippen LogP contribution in [-0.4, -0.2) is 4.57 Å². The summed E-state index contributed by atoms with van der Waals surface area (Å²) < 4.78 is 114. The molecule has 0 amide bonds. The van der Waals surface area contributed by atoms with E-state index in [0.717, 1.165) is 6.07 Å². The zero-order chi connectivity index (χ0) is 25.2. The predicted octanol–water partition coefficient (Wildman–Crippen LogP) is 8.47. The van der Waals surface area contributed by atoms with Gasteiger partial charge in [0.1, 0.15) is 0 Å². The van der Waals surface area contributed by atoms with Gasteiger partial charge >= 0.3 is 6.18 Å². The molecule has 0 bridgehead atoms. The summed E-state index contributed by atoms with van der Waals surface area (Å²) in [5.41, 5.74) is -3.00. The van der Waals surface area contributed by atoms with Crippen LogP contribution in [0, 0.1) is 36.0 Å². The van der Waals surface area contributed by atoms with E-state index in [2.05, 4.69) is 0 Å². The van der Waals surface area contributed by atoms with Gasteiger partial charge in [0.25, 0.3) is 0 Å². The maximum atomic E-state index is 14.4. The summed E-state index contributed by atoms with van der Waals surface area (Å²) >= 11 is 0. The van der Waals surface area contributed by atoms with Crippen molar-refractivity contribution in [3.63, 3.8) is 0 Å². The highest BCUT2D eigenvalue weighted by Crippen LogP contribution is 2.43. The molecule has 1 aromatic heterocycles. The smallest absolute Gasteiger partial charge is 0.308 e. The molecule has 0 saturated heterocycles. The SMILES string of the molecule is Cc1cc(-c2c(F)c(F)c(F)c(F)c2F)cc(C(F)(F)F)c1-n1c2ccccc2c2ccccc21. The van der Waals surface area contributed by atoms with Crippen molar-refractivity contribution in [2.24, 2.45) is 0 Å². The Labute approximate surface area is 192 Å². The van der Waals surface area contributed by atoms with Crippen molar-refractivity contribution in [1.29, 1.82) is 0 Å². The fourth-order valence-electron chi connectivity index (χ4n) is 4.46. The van der Waals surface area contributed by atoms with Crippen LogP contribution in [0.3, 0.4) is 0 Å². The first-order chi connectivity index (χ1) is 16.5. The molecule has 0 aliphatic rings. The second-order valence-corrected chi connectivity index (χ2v) is 8.00. The van der Waals surface area contributed by atoms with E-state index in [-0.39, 0.29) is 11.3 Å². The Hall–Kier alpha value is -3.88. The van der Waals surface area contributed by atoms with Crippen LogP contribution in [0.2, 0.25) is 0 Å². The second kappa shape index (κ2) is 7.83. The molecule has 5 aromatic rings. The van der Waals surface area contributed by atoms with Crippen LogP contribution in [0.25, 0.3) is 38.6 Å². The molecule has 0 fully saturated rings. The highest BCUT2D eigenvalue weighted by atomic mass is 19.4. The summed E-state index contributed by atoms with van der Waals surface area (Å²) in [7, 11) is 0. The number of aromatic nitrogens is 1. The first kappa shape index (κ1) is 22.9. The van der Waals surface area contributed by atoms with E-state index in [4.69, 9.17) is 0 Å². The van der Waals surface area contributed by atoms with Crippen LogP contribution < -0.4 is 0 Å². The molecule has 35 heavy (non-hydrogen) atoms. The van der Waals surface area contributed by atoms with Crippen molar-refractivity contribution in [3.8, 4) is 16.8 Å². The van der Waals surface area contributed by atoms with Crippen molar-refractivity contribution in [2.75, 3.05) is 0 Å². The number of aryl methyl sites for hydroxylation is 1. The molecule has 0 saturated carbocycles. The van der Waals surface area contributed by atoms with E-state index in [9.17, 15) is 35.1 Å². The summed E-state index contributed by atoms with van der Waals surface area (Å²) in [4.78, 5) is 0. The lowest BCUT2D eigenvalue weighted by Gasteiger charge is -2.20. The first-order valence-corrected chi connectivity index (χ1v) is 10.2. The van der Waals surface area contributed by atoms with Crippen LogP contribution in [-0.2, 0) is 6.18 Å². The number of hydrogen-bond acceptors (Lipinski definition) is 0. The lowest BCUT2D eigenvalue weighted by molar-refractivity contribution is -0.137. The molecule has 0 N–H and O–H groups in total. The Balaban J connectivity index is 1.91. The van der Waals surface area contributed by atoms with Gasteiger partial charge in [0.15, 0.2) is 23.3 Å². The van der Waals surface area contributed by atoms with Gasteiger partial charge in [-0.15, -0.1) is 0 Å². The van der Waals surface area contributed by atoms with Gasteiger partial charge in [-0.2, -0.15) is 13.2 Å². The van der Waals surface area contributed by atoms with Crippen LogP contribution in [0.5, 0.6) is 0 Å². The number of rotatable bonds is 2. The normalized spacial score (nSPS) is 12.1. The number of hydrogen-bond donors (Lipinski definition) is 0. The van der Waals surface area contributed by atoms with Crippen LogP contribution in [0.15, 0.2) is 60.7 Å². The molecule has 9 heteroatoms. The predicted molar refractivity (Wildman–Crippen MR) is 116 cm³/mol. The molecule has 1 nitrogen and oxygen atoms in total. The highest BCUT2D eigenvalue weighted by Gasteiger charge is 2.37. The molecule has 0 aliphatic carbocycles. The Morgan fingerprint density at radius 3 is 1.57 bits per heavy atom. The van der Waals surface area contributed by atoms with Crippen molar-refractivity contribution in [3.05, 3.63) is 101 Å². The quantitative estimate of drug-likeness (QED) is 0.133. The van der Waals surface area contributed by atoms with Crippen molar-refractivity contribution in [2.45, 2.75) is 13.1 Å². The Bertz CT molecular complexity index is 1560. The van der Waals surface area contributed by atoms with Crippen molar-refractivity contribution >= 4 is 21.8 Å². The van der Waals surface area contributed by atoms with E-state index in [0.29, 0.717) is 27.9 Å². The minimum absolute atomic E-state index is 0.0785. The van der Waals surface area contributed by atoms with Crippen LogP contribution in [0.4, 0.5) is 35.1 Å². The first-order valence-electron chi connectivity index (χ1n) is 10.2. The van der Waals surface area contributed by atoms with E-state index < -0.39 is 52.0 Å². The average Bonchev–Trinajstić information content (AvgIpc) is 3.15. The van der Waals surface area contributed by atoms with Crippen molar-refractivity contribution < 1.29 is 35.1 Å². The minimum Gasteiger partial charge on any atom is -0.308 e. The summed E-state index contributed by atoms with van der Waals surface area (Å²) in [5, 5.41) is 1.36. The molecular formula is C26H13F8N. The molecule has 1 heterocycles. The van der Waals surface area contributed by atoms with Gasteiger partial charge in [-0.25, -0.2) is 22.0 Å². The number of para-hydroxylation sites is 2. The third kappa shape index (κ3) is 3.37. The largest absolute Gasteiger partial charge is 0.418 e. The van der Waals surface area contributed by atoms with Crippen molar-refractivity contribution in [1.82, 2.24) is 4.57 Å². The Morgan fingerprint density at radius 2 is 1.09 bits per heavy atom. The van der Waals surface area contributed by atoms with Gasteiger partial charge in [0.05, 0.1) is 27.8 Å². The third-order valence-electron chi connectivity index (χ3n) is 5.91. The van der Waals surface area contributed by atoms with Crippen LogP contribution >= 0.6 is 0 Å². The molecule has 178 valence electrons. The van der Waals surface area contributed by atoms with Crippen LogP contribution in [0.1, 0.15) is 11.1 Å². The number of fused-ring (bicyclic) bond motifs is 3. The number of alkyl halides is 3. The maximum Gasteiger partial charge on any atom is 0.418 e. The van der Waals surface area contributed by atoms with Gasteiger partial charge in [-0.05, 0) is 42.3 Å². The molecule has 0 aliphatic heterocycles. The minimum atomic E-state index is -5.02. The number of nitrogens with zero attached hydrogens (tertiary/aromatic N) is 1. The molecule has 0 radical (unpaired) electrons. The zero-order valence-corrected chi connectivity index (χ0v) is 17.7. The standard InChI is InChI=1S/C26H13F8N/c1-12-10-13(19-20(27)22(29)24(31)23(30)21(19)28)11-16(26(32,33)34)25(12)35-17-8-4-2-6-14(17)15-7-3-5-9-18(15)35/h2-11H,1H3.